The Hall–Kier alpha value is -0.120. The van der Waals surface area contributed by atoms with Crippen molar-refractivity contribution in [1.82, 2.24) is 4.90 Å². The molecule has 0 aromatic carbocycles. The highest BCUT2D eigenvalue weighted by Gasteiger charge is 2.25. The SMILES string of the molecule is CCCCCCCCCC(CN)N(C)C1CCOC1. The molecule has 0 aliphatic carbocycles. The van der Waals surface area contributed by atoms with Crippen molar-refractivity contribution in [2.75, 3.05) is 26.8 Å². The highest BCUT2D eigenvalue weighted by molar-refractivity contribution is 4.79. The third-order valence-corrected chi connectivity index (χ3v) is 4.47. The van der Waals surface area contributed by atoms with Crippen molar-refractivity contribution in [3.8, 4) is 0 Å². The van der Waals surface area contributed by atoms with Crippen molar-refractivity contribution in [3.63, 3.8) is 0 Å². The monoisotopic (exact) mass is 270 g/mol. The molecule has 1 aliphatic heterocycles. The quantitative estimate of drug-likeness (QED) is 0.586. The fourth-order valence-electron chi connectivity index (χ4n) is 2.97. The molecule has 0 saturated carbocycles. The highest BCUT2D eigenvalue weighted by Crippen LogP contribution is 2.17. The van der Waals surface area contributed by atoms with E-state index in [2.05, 4.69) is 18.9 Å². The molecule has 1 heterocycles. The van der Waals surface area contributed by atoms with Gasteiger partial charge in [-0.25, -0.2) is 0 Å². The Balaban J connectivity index is 2.07. The second kappa shape index (κ2) is 10.6. The second-order valence-electron chi connectivity index (χ2n) is 5.98. The van der Waals surface area contributed by atoms with Gasteiger partial charge >= 0.3 is 0 Å². The molecule has 1 fully saturated rings. The van der Waals surface area contributed by atoms with Gasteiger partial charge in [-0.3, -0.25) is 4.90 Å². The van der Waals surface area contributed by atoms with E-state index < -0.39 is 0 Å². The molecule has 0 radical (unpaired) electrons. The van der Waals surface area contributed by atoms with Crippen molar-refractivity contribution in [1.29, 1.82) is 0 Å². The van der Waals surface area contributed by atoms with Gasteiger partial charge in [0.2, 0.25) is 0 Å². The molecular formula is C16H34N2O. The van der Waals surface area contributed by atoms with Crippen LogP contribution in [-0.4, -0.2) is 43.8 Å². The van der Waals surface area contributed by atoms with Crippen LogP contribution >= 0.6 is 0 Å². The van der Waals surface area contributed by atoms with E-state index in [0.717, 1.165) is 19.8 Å². The zero-order valence-corrected chi connectivity index (χ0v) is 13.1. The van der Waals surface area contributed by atoms with E-state index in [1.807, 2.05) is 0 Å². The van der Waals surface area contributed by atoms with Crippen LogP contribution in [0.3, 0.4) is 0 Å². The molecule has 2 N–H and O–H groups in total. The summed E-state index contributed by atoms with van der Waals surface area (Å²) in [5.41, 5.74) is 5.94. The van der Waals surface area contributed by atoms with Gasteiger partial charge in [-0.2, -0.15) is 0 Å². The summed E-state index contributed by atoms with van der Waals surface area (Å²) in [6.07, 6.45) is 12.1. The van der Waals surface area contributed by atoms with E-state index in [9.17, 15) is 0 Å². The first-order valence-corrected chi connectivity index (χ1v) is 8.29. The molecule has 3 nitrogen and oxygen atoms in total. The molecule has 0 bridgehead atoms. The number of rotatable bonds is 11. The zero-order valence-electron chi connectivity index (χ0n) is 13.1. The summed E-state index contributed by atoms with van der Waals surface area (Å²) in [6.45, 7) is 4.87. The van der Waals surface area contributed by atoms with Gasteiger partial charge in [0.1, 0.15) is 0 Å². The molecule has 19 heavy (non-hydrogen) atoms. The average Bonchev–Trinajstić information content (AvgIpc) is 2.95. The molecule has 0 aromatic heterocycles. The minimum absolute atomic E-state index is 0.544. The van der Waals surface area contributed by atoms with Gasteiger partial charge in [-0.15, -0.1) is 0 Å². The van der Waals surface area contributed by atoms with E-state index in [1.165, 1.54) is 57.8 Å². The summed E-state index contributed by atoms with van der Waals surface area (Å²) in [4.78, 5) is 2.46. The van der Waals surface area contributed by atoms with Crippen LogP contribution in [0.4, 0.5) is 0 Å². The predicted octanol–water partition coefficient (Wildman–Crippen LogP) is 3.18. The molecule has 2 unspecified atom stereocenters. The van der Waals surface area contributed by atoms with Crippen LogP contribution in [0, 0.1) is 0 Å². The van der Waals surface area contributed by atoms with Crippen molar-refractivity contribution >= 4 is 0 Å². The lowest BCUT2D eigenvalue weighted by Crippen LogP contribution is -2.44. The standard InChI is InChI=1S/C16H34N2O/c1-3-4-5-6-7-8-9-10-15(13-17)18(2)16-11-12-19-14-16/h15-16H,3-14,17H2,1-2H3. The van der Waals surface area contributed by atoms with Gasteiger partial charge in [0.25, 0.3) is 0 Å². The average molecular weight is 270 g/mol. The molecule has 3 heteroatoms. The van der Waals surface area contributed by atoms with Gasteiger partial charge in [0.15, 0.2) is 0 Å². The highest BCUT2D eigenvalue weighted by atomic mass is 16.5. The van der Waals surface area contributed by atoms with Crippen molar-refractivity contribution < 1.29 is 4.74 Å². The second-order valence-corrected chi connectivity index (χ2v) is 5.98. The number of likely N-dealkylation sites (N-methyl/N-ethyl adjacent to an activating group) is 1. The molecule has 1 rings (SSSR count). The molecule has 0 amide bonds. The third-order valence-electron chi connectivity index (χ3n) is 4.47. The summed E-state index contributed by atoms with van der Waals surface area (Å²) >= 11 is 0. The minimum atomic E-state index is 0.544. The first kappa shape index (κ1) is 16.9. The molecule has 114 valence electrons. The van der Waals surface area contributed by atoms with Crippen molar-refractivity contribution in [2.45, 2.75) is 76.8 Å². The van der Waals surface area contributed by atoms with E-state index in [-0.39, 0.29) is 0 Å². The fraction of sp³-hybridized carbons (Fsp3) is 1.00. The first-order valence-electron chi connectivity index (χ1n) is 8.29. The Morgan fingerprint density at radius 3 is 2.42 bits per heavy atom. The topological polar surface area (TPSA) is 38.5 Å². The normalized spacial score (nSPS) is 21.2. The molecule has 1 saturated heterocycles. The maximum Gasteiger partial charge on any atom is 0.0622 e. The number of nitrogens with two attached hydrogens (primary N) is 1. The Kier molecular flexibility index (Phi) is 9.48. The van der Waals surface area contributed by atoms with Crippen LogP contribution in [0.15, 0.2) is 0 Å². The Morgan fingerprint density at radius 2 is 1.84 bits per heavy atom. The van der Waals surface area contributed by atoms with Crippen LogP contribution in [-0.2, 0) is 4.74 Å². The summed E-state index contributed by atoms with van der Waals surface area (Å²) in [6, 6.07) is 1.14. The molecule has 1 aliphatic rings. The van der Waals surface area contributed by atoms with Crippen molar-refractivity contribution in [2.24, 2.45) is 5.73 Å². The maximum absolute atomic E-state index is 5.94. The summed E-state index contributed by atoms with van der Waals surface area (Å²) in [5.74, 6) is 0. The fourth-order valence-corrected chi connectivity index (χ4v) is 2.97. The number of unbranched alkanes of at least 4 members (excludes halogenated alkanes) is 6. The Morgan fingerprint density at radius 1 is 1.16 bits per heavy atom. The molecular weight excluding hydrogens is 236 g/mol. The Bertz CT molecular complexity index is 205. The Labute approximate surface area is 119 Å². The summed E-state index contributed by atoms with van der Waals surface area (Å²) in [5, 5.41) is 0. The smallest absolute Gasteiger partial charge is 0.0622 e. The first-order chi connectivity index (χ1) is 9.29. The van der Waals surface area contributed by atoms with Crippen LogP contribution in [0.1, 0.15) is 64.7 Å². The van der Waals surface area contributed by atoms with E-state index in [1.54, 1.807) is 0 Å². The van der Waals surface area contributed by atoms with Crippen LogP contribution in [0.25, 0.3) is 0 Å². The maximum atomic E-state index is 5.94. The molecule has 2 atom stereocenters. The van der Waals surface area contributed by atoms with E-state index in [4.69, 9.17) is 10.5 Å². The van der Waals surface area contributed by atoms with Crippen LogP contribution in [0.5, 0.6) is 0 Å². The number of ether oxygens (including phenoxy) is 1. The van der Waals surface area contributed by atoms with Gasteiger partial charge in [-0.05, 0) is 19.9 Å². The molecule has 0 spiro atoms. The van der Waals surface area contributed by atoms with Gasteiger partial charge < -0.3 is 10.5 Å². The van der Waals surface area contributed by atoms with Gasteiger partial charge in [0.05, 0.1) is 6.61 Å². The van der Waals surface area contributed by atoms with Crippen molar-refractivity contribution in [3.05, 3.63) is 0 Å². The van der Waals surface area contributed by atoms with Gasteiger partial charge in [-0.1, -0.05) is 51.9 Å². The summed E-state index contributed by atoms with van der Waals surface area (Å²) < 4.78 is 5.47. The minimum Gasteiger partial charge on any atom is -0.380 e. The zero-order chi connectivity index (χ0) is 13.9. The van der Waals surface area contributed by atoms with Crippen LogP contribution in [0.2, 0.25) is 0 Å². The third kappa shape index (κ3) is 6.73. The molecule has 0 aromatic rings. The largest absolute Gasteiger partial charge is 0.380 e. The van der Waals surface area contributed by atoms with E-state index in [0.29, 0.717) is 12.1 Å². The number of hydrogen-bond acceptors (Lipinski definition) is 3. The lowest BCUT2D eigenvalue weighted by Gasteiger charge is -2.31. The lowest BCUT2D eigenvalue weighted by molar-refractivity contribution is 0.129. The van der Waals surface area contributed by atoms with Crippen LogP contribution < -0.4 is 5.73 Å². The lowest BCUT2D eigenvalue weighted by atomic mass is 10.0. The number of nitrogens with zero attached hydrogens (tertiary/aromatic N) is 1. The number of hydrogen-bond donors (Lipinski definition) is 1. The van der Waals surface area contributed by atoms with E-state index >= 15 is 0 Å². The predicted molar refractivity (Wildman–Crippen MR) is 82.4 cm³/mol. The summed E-state index contributed by atoms with van der Waals surface area (Å²) in [7, 11) is 2.22. The van der Waals surface area contributed by atoms with Gasteiger partial charge in [0, 0.05) is 25.2 Å².